The van der Waals surface area contributed by atoms with Crippen LogP contribution in [0, 0.1) is 0 Å². The summed E-state index contributed by atoms with van der Waals surface area (Å²) in [6, 6.07) is 1.53. The minimum atomic E-state index is -1.74. The first-order valence-electron chi connectivity index (χ1n) is 10.1. The highest BCUT2D eigenvalue weighted by Gasteiger charge is 2.46. The lowest BCUT2D eigenvalue weighted by Gasteiger charge is -2.31. The molecular weight excluding hydrogens is 407 g/mol. The average Bonchev–Trinajstić information content (AvgIpc) is 3.18. The Kier molecular flexibility index (Phi) is 4.74. The minimum Gasteiger partial charge on any atom is -0.462 e. The predicted molar refractivity (Wildman–Crippen MR) is 113 cm³/mol. The number of nitrogens with zero attached hydrogens (tertiary/aromatic N) is 3. The Bertz CT molecular complexity index is 1080. The van der Waals surface area contributed by atoms with Gasteiger partial charge in [-0.1, -0.05) is 23.8 Å². The molecule has 8 nitrogen and oxygen atoms in total. The van der Waals surface area contributed by atoms with Gasteiger partial charge in [0.05, 0.1) is 27.3 Å². The third kappa shape index (κ3) is 3.08. The summed E-state index contributed by atoms with van der Waals surface area (Å²) >= 11 is 6.41. The van der Waals surface area contributed by atoms with Crippen molar-refractivity contribution in [1.29, 1.82) is 0 Å². The molecule has 0 saturated carbocycles. The molecule has 1 aromatic carbocycles. The van der Waals surface area contributed by atoms with Crippen molar-refractivity contribution in [2.45, 2.75) is 24.8 Å². The van der Waals surface area contributed by atoms with E-state index in [1.807, 2.05) is 11.9 Å². The summed E-state index contributed by atoms with van der Waals surface area (Å²) in [7, 11) is 0.153. The van der Waals surface area contributed by atoms with E-state index in [0.717, 1.165) is 38.2 Å². The molecule has 4 aliphatic rings. The van der Waals surface area contributed by atoms with Crippen LogP contribution in [0.4, 0.5) is 0 Å². The lowest BCUT2D eigenvalue weighted by molar-refractivity contribution is 0.0274. The van der Waals surface area contributed by atoms with Gasteiger partial charge in [0.2, 0.25) is 0 Å². The van der Waals surface area contributed by atoms with Crippen LogP contribution in [0.2, 0.25) is 5.02 Å². The zero-order valence-electron chi connectivity index (χ0n) is 16.8. The number of rotatable bonds is 4. The van der Waals surface area contributed by atoms with Crippen LogP contribution in [-0.4, -0.2) is 65.9 Å². The Balaban J connectivity index is 1.49. The summed E-state index contributed by atoms with van der Waals surface area (Å²) in [6.45, 7) is 6.99. The van der Waals surface area contributed by atoms with Gasteiger partial charge in [-0.2, -0.15) is 0 Å². The summed E-state index contributed by atoms with van der Waals surface area (Å²) in [5.74, 6) is 1.52. The second kappa shape index (κ2) is 7.20. The van der Waals surface area contributed by atoms with Crippen LogP contribution < -0.4 is 26.1 Å². The predicted octanol–water partition coefficient (Wildman–Crippen LogP) is -0.800. The lowest BCUT2D eigenvalue weighted by atomic mass is 9.79. The van der Waals surface area contributed by atoms with Gasteiger partial charge >= 0.3 is 13.1 Å². The maximum absolute atomic E-state index is 9.75. The first-order valence-corrected chi connectivity index (χ1v) is 10.4. The highest BCUT2D eigenvalue weighted by Crippen LogP contribution is 2.41. The van der Waals surface area contributed by atoms with Crippen LogP contribution in [0.25, 0.3) is 5.82 Å². The molecular formula is C20H24BClN4O4. The van der Waals surface area contributed by atoms with Gasteiger partial charge in [-0.15, -0.1) is 0 Å². The topological polar surface area (TPSA) is 89.8 Å². The zero-order valence-corrected chi connectivity index (χ0v) is 17.6. The van der Waals surface area contributed by atoms with E-state index in [1.54, 1.807) is 6.20 Å². The molecule has 0 spiro atoms. The molecule has 158 valence electrons. The summed E-state index contributed by atoms with van der Waals surface area (Å²) in [6.07, 6.45) is 4.94. The Hall–Kier alpha value is -2.20. The molecule has 0 unspecified atom stereocenters. The van der Waals surface area contributed by atoms with Crippen LogP contribution in [-0.2, 0) is 4.74 Å². The lowest BCUT2D eigenvalue weighted by Crippen LogP contribution is -2.47. The molecule has 0 bridgehead atoms. The Morgan fingerprint density at radius 1 is 1.47 bits per heavy atom. The summed E-state index contributed by atoms with van der Waals surface area (Å²) in [5.41, 5.74) is 1.36. The molecule has 3 N–H and O–H groups in total. The van der Waals surface area contributed by atoms with Gasteiger partial charge in [-0.05, 0) is 31.9 Å². The van der Waals surface area contributed by atoms with Crippen molar-refractivity contribution >= 4 is 30.0 Å². The van der Waals surface area contributed by atoms with Gasteiger partial charge in [0.15, 0.2) is 0 Å². The molecule has 0 aliphatic carbocycles. The highest BCUT2D eigenvalue weighted by molar-refractivity contribution is 6.62. The zero-order chi connectivity index (χ0) is 21.0. The normalized spacial score (nSPS) is 24.9. The highest BCUT2D eigenvalue weighted by atomic mass is 35.5. The van der Waals surface area contributed by atoms with Crippen molar-refractivity contribution in [3.8, 4) is 5.75 Å². The van der Waals surface area contributed by atoms with Gasteiger partial charge in [-0.25, -0.2) is 0 Å². The quantitative estimate of drug-likeness (QED) is 0.426. The van der Waals surface area contributed by atoms with E-state index in [-0.39, 0.29) is 16.0 Å². The maximum Gasteiger partial charge on any atom is 0.490 e. The van der Waals surface area contributed by atoms with E-state index >= 15 is 0 Å². The van der Waals surface area contributed by atoms with E-state index < -0.39 is 7.12 Å². The standard InChI is InChI=1S/C20H24BClN4O4/c1-12-7-20(4-3-5-26(20)8-12)10-29-15-9-25(2)19-16-14(30-15)6-13(21(27)28)17(22)18(16)23-11-24-19/h6,9,24,27-28H,1,3-5,7-8,10-11H2,2H3/t20-/m0/s1. The number of hydrogen-bond donors (Lipinski definition) is 3. The molecule has 2 fully saturated rings. The monoisotopic (exact) mass is 430 g/mol. The molecule has 0 amide bonds. The number of ether oxygens (including phenoxy) is 2. The first kappa shape index (κ1) is 19.7. The van der Waals surface area contributed by atoms with E-state index in [4.69, 9.17) is 21.1 Å². The van der Waals surface area contributed by atoms with Crippen molar-refractivity contribution in [2.24, 2.45) is 4.99 Å². The van der Waals surface area contributed by atoms with E-state index in [9.17, 15) is 10.0 Å². The van der Waals surface area contributed by atoms with Crippen molar-refractivity contribution in [2.75, 3.05) is 33.4 Å². The Morgan fingerprint density at radius 2 is 2.30 bits per heavy atom. The summed E-state index contributed by atoms with van der Waals surface area (Å²) < 4.78 is 12.3. The number of nitrogens with one attached hydrogen (secondary N) is 1. The van der Waals surface area contributed by atoms with Crippen LogP contribution in [0.1, 0.15) is 19.3 Å². The van der Waals surface area contributed by atoms with Crippen LogP contribution in [0.15, 0.2) is 35.4 Å². The molecule has 4 heterocycles. The number of halogens is 1. The largest absolute Gasteiger partial charge is 0.490 e. The van der Waals surface area contributed by atoms with Gasteiger partial charge in [0.25, 0.3) is 0 Å². The molecule has 2 saturated heterocycles. The number of fused-ring (bicyclic) bond motifs is 1. The van der Waals surface area contributed by atoms with Crippen molar-refractivity contribution in [1.82, 2.24) is 15.1 Å². The van der Waals surface area contributed by atoms with Gasteiger partial charge in [0.1, 0.15) is 24.8 Å². The molecule has 1 atom stereocenters. The van der Waals surface area contributed by atoms with E-state index in [1.165, 1.54) is 11.6 Å². The molecule has 5 rings (SSSR count). The first-order chi connectivity index (χ1) is 14.4. The number of benzene rings is 1. The van der Waals surface area contributed by atoms with Crippen molar-refractivity contribution in [3.63, 3.8) is 0 Å². The van der Waals surface area contributed by atoms with Crippen LogP contribution >= 0.6 is 11.6 Å². The molecule has 1 aromatic rings. The average molecular weight is 431 g/mol. The Morgan fingerprint density at radius 3 is 3.10 bits per heavy atom. The number of hydrogen-bond acceptors (Lipinski definition) is 8. The van der Waals surface area contributed by atoms with Crippen LogP contribution in [0.3, 0.4) is 0 Å². The van der Waals surface area contributed by atoms with Crippen molar-refractivity contribution in [3.05, 3.63) is 46.0 Å². The molecule has 0 aromatic heterocycles. The SMILES string of the molecule is C=C1CN2CCC[C@@]2(COC2=CN(C)C3=c4c(cc(B(O)O)c(Cl)c4=NCN3)O2)C1. The summed E-state index contributed by atoms with van der Waals surface area (Å²) in [4.78, 5) is 8.75. The van der Waals surface area contributed by atoms with Crippen molar-refractivity contribution < 1.29 is 19.5 Å². The smallest absolute Gasteiger partial charge is 0.462 e. The Labute approximate surface area is 179 Å². The second-order valence-corrected chi connectivity index (χ2v) is 8.72. The molecule has 10 heteroatoms. The maximum atomic E-state index is 9.75. The van der Waals surface area contributed by atoms with E-state index in [0.29, 0.717) is 35.5 Å². The van der Waals surface area contributed by atoms with Gasteiger partial charge < -0.3 is 29.7 Å². The second-order valence-electron chi connectivity index (χ2n) is 8.34. The summed E-state index contributed by atoms with van der Waals surface area (Å²) in [5, 5.41) is 24.1. The van der Waals surface area contributed by atoms with Gasteiger partial charge in [-0.3, -0.25) is 9.89 Å². The fraction of sp³-hybridized carbons (Fsp3) is 0.450. The molecule has 4 aliphatic heterocycles. The molecule has 0 radical (unpaired) electrons. The van der Waals surface area contributed by atoms with Crippen LogP contribution in [0.5, 0.6) is 5.75 Å². The third-order valence-electron chi connectivity index (χ3n) is 6.31. The fourth-order valence-corrected chi connectivity index (χ4v) is 5.25. The fourth-order valence-electron chi connectivity index (χ4n) is 4.94. The minimum absolute atomic E-state index is 0.0271. The third-order valence-corrected chi connectivity index (χ3v) is 6.71. The van der Waals surface area contributed by atoms with Gasteiger partial charge in [0, 0.05) is 19.1 Å². The molecule has 30 heavy (non-hydrogen) atoms. The van der Waals surface area contributed by atoms with E-state index in [2.05, 4.69) is 21.8 Å².